The quantitative estimate of drug-likeness (QED) is 0.663. The number of benzene rings is 1. The summed E-state index contributed by atoms with van der Waals surface area (Å²) in [6.07, 6.45) is 3.08. The maximum absolute atomic E-state index is 11.5. The number of hydrogen-bond acceptors (Lipinski definition) is 1. The van der Waals surface area contributed by atoms with Gasteiger partial charge >= 0.3 is 0 Å². The van der Waals surface area contributed by atoms with Crippen LogP contribution in [0, 0.1) is 0 Å². The highest BCUT2D eigenvalue weighted by molar-refractivity contribution is 5.82. The van der Waals surface area contributed by atoms with E-state index in [2.05, 4.69) is 0 Å². The van der Waals surface area contributed by atoms with Gasteiger partial charge in [-0.25, -0.2) is 0 Å². The van der Waals surface area contributed by atoms with Gasteiger partial charge in [0.1, 0.15) is 5.78 Å². The number of rotatable bonds is 4. The van der Waals surface area contributed by atoms with Crippen molar-refractivity contribution in [2.45, 2.75) is 26.7 Å². The van der Waals surface area contributed by atoms with Crippen LogP contribution in [-0.4, -0.2) is 5.78 Å². The normalized spacial score (nSPS) is 9.57. The van der Waals surface area contributed by atoms with Crippen molar-refractivity contribution in [2.24, 2.45) is 0 Å². The van der Waals surface area contributed by atoms with Crippen LogP contribution in [0.5, 0.6) is 0 Å². The average Bonchev–Trinajstić information content (AvgIpc) is 2.16. The van der Waals surface area contributed by atoms with Crippen LogP contribution in [0.4, 0.5) is 0 Å². The van der Waals surface area contributed by atoms with Crippen molar-refractivity contribution in [1.29, 1.82) is 0 Å². The molecule has 0 aliphatic carbocycles. The third-order valence-corrected chi connectivity index (χ3v) is 1.98. The molecule has 0 N–H and O–H groups in total. The molecule has 0 aliphatic rings. The van der Waals surface area contributed by atoms with Crippen molar-refractivity contribution in [2.75, 3.05) is 0 Å². The summed E-state index contributed by atoms with van der Waals surface area (Å²) in [7, 11) is 0. The molecule has 0 radical (unpaired) electrons. The molecule has 1 nitrogen and oxygen atoms in total. The van der Waals surface area contributed by atoms with Crippen molar-refractivity contribution in [1.82, 2.24) is 0 Å². The van der Waals surface area contributed by atoms with E-state index in [0.717, 1.165) is 5.56 Å². The van der Waals surface area contributed by atoms with Gasteiger partial charge < -0.3 is 0 Å². The highest BCUT2D eigenvalue weighted by Gasteiger charge is 2.00. The number of Topliss-reactive ketones (excluding diaryl/α,β-unsaturated/α-hetero) is 1. The molecule has 0 atom stereocenters. The standard InChI is InChI=1S/C13H16O/c1-11(2)8-9-13(14)10-12-6-4-3-5-7-12/h3-8H,9-10H2,1-2H3. The van der Waals surface area contributed by atoms with Crippen LogP contribution in [0.1, 0.15) is 25.8 Å². The number of allylic oxidation sites excluding steroid dienone is 2. The van der Waals surface area contributed by atoms with Crippen molar-refractivity contribution < 1.29 is 4.79 Å². The molecular weight excluding hydrogens is 172 g/mol. The van der Waals surface area contributed by atoms with Crippen molar-refractivity contribution in [3.05, 3.63) is 47.5 Å². The van der Waals surface area contributed by atoms with E-state index in [9.17, 15) is 4.79 Å². The van der Waals surface area contributed by atoms with Gasteiger partial charge in [-0.1, -0.05) is 42.0 Å². The molecule has 0 aliphatic heterocycles. The largest absolute Gasteiger partial charge is 0.299 e. The summed E-state index contributed by atoms with van der Waals surface area (Å²) in [6.45, 7) is 4.02. The topological polar surface area (TPSA) is 17.1 Å². The fourth-order valence-corrected chi connectivity index (χ4v) is 1.21. The Kier molecular flexibility index (Phi) is 4.11. The summed E-state index contributed by atoms with van der Waals surface area (Å²) in [4.78, 5) is 11.5. The first-order valence-corrected chi connectivity index (χ1v) is 4.87. The highest BCUT2D eigenvalue weighted by atomic mass is 16.1. The van der Waals surface area contributed by atoms with Crippen molar-refractivity contribution in [3.63, 3.8) is 0 Å². The summed E-state index contributed by atoms with van der Waals surface area (Å²) < 4.78 is 0. The molecule has 14 heavy (non-hydrogen) atoms. The molecule has 1 aromatic rings. The Balaban J connectivity index is 2.46. The highest BCUT2D eigenvalue weighted by Crippen LogP contribution is 2.03. The monoisotopic (exact) mass is 188 g/mol. The zero-order valence-corrected chi connectivity index (χ0v) is 8.79. The van der Waals surface area contributed by atoms with Gasteiger partial charge in [0, 0.05) is 12.8 Å². The third-order valence-electron chi connectivity index (χ3n) is 1.98. The van der Waals surface area contributed by atoms with E-state index in [4.69, 9.17) is 0 Å². The fraction of sp³-hybridized carbons (Fsp3) is 0.308. The Hall–Kier alpha value is -1.37. The Labute approximate surface area is 85.5 Å². The van der Waals surface area contributed by atoms with Crippen LogP contribution in [0.3, 0.4) is 0 Å². The molecule has 0 amide bonds. The van der Waals surface area contributed by atoms with Gasteiger partial charge in [-0.3, -0.25) is 4.79 Å². The molecule has 0 heterocycles. The lowest BCUT2D eigenvalue weighted by Gasteiger charge is -1.98. The van der Waals surface area contributed by atoms with Crippen molar-refractivity contribution in [3.8, 4) is 0 Å². The molecule has 1 aromatic carbocycles. The van der Waals surface area contributed by atoms with Gasteiger partial charge in [-0.05, 0) is 19.4 Å². The maximum Gasteiger partial charge on any atom is 0.141 e. The second-order valence-corrected chi connectivity index (χ2v) is 3.69. The Morgan fingerprint density at radius 1 is 1.21 bits per heavy atom. The van der Waals surface area contributed by atoms with Crippen LogP contribution in [-0.2, 0) is 11.2 Å². The summed E-state index contributed by atoms with van der Waals surface area (Å²) >= 11 is 0. The Morgan fingerprint density at radius 2 is 1.86 bits per heavy atom. The van der Waals surface area contributed by atoms with Gasteiger partial charge in [0.25, 0.3) is 0 Å². The summed E-state index contributed by atoms with van der Waals surface area (Å²) in [5, 5.41) is 0. The molecule has 1 heteroatoms. The number of carbonyl (C=O) groups excluding carboxylic acids is 1. The SMILES string of the molecule is CC(C)=CCC(=O)Cc1ccccc1. The molecule has 0 unspecified atom stereocenters. The molecule has 0 spiro atoms. The molecule has 0 fully saturated rings. The summed E-state index contributed by atoms with van der Waals surface area (Å²) in [5.41, 5.74) is 2.30. The summed E-state index contributed by atoms with van der Waals surface area (Å²) in [6, 6.07) is 9.86. The van der Waals surface area contributed by atoms with Crippen LogP contribution in [0.25, 0.3) is 0 Å². The zero-order chi connectivity index (χ0) is 10.4. The third kappa shape index (κ3) is 4.04. The minimum atomic E-state index is 0.275. The van der Waals surface area contributed by atoms with E-state index < -0.39 is 0 Å². The molecule has 0 saturated carbocycles. The first-order valence-electron chi connectivity index (χ1n) is 4.87. The molecule has 0 saturated heterocycles. The van der Waals surface area contributed by atoms with Crippen LogP contribution >= 0.6 is 0 Å². The first kappa shape index (κ1) is 10.7. The molecule has 0 aromatic heterocycles. The Bertz CT molecular complexity index is 318. The van der Waals surface area contributed by atoms with E-state index in [1.54, 1.807) is 0 Å². The van der Waals surface area contributed by atoms with E-state index in [1.165, 1.54) is 5.57 Å². The predicted octanol–water partition coefficient (Wildman–Crippen LogP) is 3.15. The van der Waals surface area contributed by atoms with E-state index in [-0.39, 0.29) is 5.78 Å². The average molecular weight is 188 g/mol. The van der Waals surface area contributed by atoms with E-state index in [0.29, 0.717) is 12.8 Å². The van der Waals surface area contributed by atoms with Gasteiger partial charge in [-0.2, -0.15) is 0 Å². The van der Waals surface area contributed by atoms with E-state index >= 15 is 0 Å². The van der Waals surface area contributed by atoms with Crippen molar-refractivity contribution >= 4 is 5.78 Å². The van der Waals surface area contributed by atoms with Gasteiger partial charge in [0.15, 0.2) is 0 Å². The second kappa shape index (κ2) is 5.38. The minimum Gasteiger partial charge on any atom is -0.299 e. The molecule has 0 bridgehead atoms. The first-order chi connectivity index (χ1) is 6.68. The lowest BCUT2D eigenvalue weighted by Crippen LogP contribution is -2.00. The predicted molar refractivity (Wildman–Crippen MR) is 59.2 cm³/mol. The molecule has 74 valence electrons. The van der Waals surface area contributed by atoms with Gasteiger partial charge in [0.05, 0.1) is 0 Å². The lowest BCUT2D eigenvalue weighted by molar-refractivity contribution is -0.117. The fourth-order valence-electron chi connectivity index (χ4n) is 1.21. The Morgan fingerprint density at radius 3 is 2.43 bits per heavy atom. The smallest absolute Gasteiger partial charge is 0.141 e. The molecular formula is C13H16O. The van der Waals surface area contributed by atoms with Crippen LogP contribution < -0.4 is 0 Å². The van der Waals surface area contributed by atoms with Crippen LogP contribution in [0.15, 0.2) is 42.0 Å². The van der Waals surface area contributed by atoms with Gasteiger partial charge in [-0.15, -0.1) is 0 Å². The number of ketones is 1. The van der Waals surface area contributed by atoms with E-state index in [1.807, 2.05) is 50.3 Å². The van der Waals surface area contributed by atoms with Crippen LogP contribution in [0.2, 0.25) is 0 Å². The van der Waals surface area contributed by atoms with Gasteiger partial charge in [0.2, 0.25) is 0 Å². The number of hydrogen-bond donors (Lipinski definition) is 0. The zero-order valence-electron chi connectivity index (χ0n) is 8.79. The lowest BCUT2D eigenvalue weighted by atomic mass is 10.1. The molecule has 1 rings (SSSR count). The summed E-state index contributed by atoms with van der Waals surface area (Å²) in [5.74, 6) is 0.275. The minimum absolute atomic E-state index is 0.275. The maximum atomic E-state index is 11.5. The second-order valence-electron chi connectivity index (χ2n) is 3.69. The number of carbonyl (C=O) groups is 1.